The summed E-state index contributed by atoms with van der Waals surface area (Å²) >= 11 is 0. The maximum absolute atomic E-state index is 11.1. The summed E-state index contributed by atoms with van der Waals surface area (Å²) in [5.74, 6) is -0.285. The maximum Gasteiger partial charge on any atom is 0.309 e. The smallest absolute Gasteiger partial charge is 0.309 e. The lowest BCUT2D eigenvalue weighted by atomic mass is 10.1. The van der Waals surface area contributed by atoms with Gasteiger partial charge in [0.25, 0.3) is 0 Å². The van der Waals surface area contributed by atoms with Crippen molar-refractivity contribution in [2.24, 2.45) is 0 Å². The Morgan fingerprint density at radius 3 is 2.50 bits per heavy atom. The fourth-order valence-electron chi connectivity index (χ4n) is 3.16. The molecule has 2 heterocycles. The molecule has 2 aliphatic heterocycles. The molecular weight excluding hydrogens is 284 g/mol. The quantitative estimate of drug-likeness (QED) is 0.469. The number of carbonyl (C=O) groups excluding carboxylic acids is 1. The van der Waals surface area contributed by atoms with Crippen molar-refractivity contribution in [3.63, 3.8) is 0 Å². The van der Waals surface area contributed by atoms with Gasteiger partial charge in [-0.05, 0) is 6.42 Å². The summed E-state index contributed by atoms with van der Waals surface area (Å²) in [5.41, 5.74) is 0. The molecule has 2 aliphatic rings. The van der Waals surface area contributed by atoms with Crippen LogP contribution in [0.15, 0.2) is 0 Å². The first-order chi connectivity index (χ1) is 10.7. The van der Waals surface area contributed by atoms with E-state index in [0.717, 1.165) is 6.42 Å². The van der Waals surface area contributed by atoms with E-state index in [-0.39, 0.29) is 24.6 Å². The minimum Gasteiger partial charge on any atom is -0.457 e. The standard InChI is InChI=1S/C17H30O5/c1-2-3-4-5-6-7-8-9-10-20-12-14-16(19)17-13(21-14)11-15(18)22-17/h13-14,16-17,19H,2-12H2,1H3/t13-,14-,16+,17+/m0/s1. The van der Waals surface area contributed by atoms with E-state index >= 15 is 0 Å². The van der Waals surface area contributed by atoms with Gasteiger partial charge in [-0.2, -0.15) is 0 Å². The van der Waals surface area contributed by atoms with E-state index in [1.54, 1.807) is 0 Å². The summed E-state index contributed by atoms with van der Waals surface area (Å²) in [7, 11) is 0. The van der Waals surface area contributed by atoms with Gasteiger partial charge >= 0.3 is 5.97 Å². The molecule has 0 aromatic heterocycles. The van der Waals surface area contributed by atoms with Crippen molar-refractivity contribution in [2.75, 3.05) is 13.2 Å². The first-order valence-electron chi connectivity index (χ1n) is 8.83. The van der Waals surface area contributed by atoms with Crippen molar-refractivity contribution in [3.8, 4) is 0 Å². The van der Waals surface area contributed by atoms with Gasteiger partial charge in [0.2, 0.25) is 0 Å². The third-order valence-corrected chi connectivity index (χ3v) is 4.49. The van der Waals surface area contributed by atoms with E-state index in [1.165, 1.54) is 44.9 Å². The molecule has 0 spiro atoms. The van der Waals surface area contributed by atoms with Crippen molar-refractivity contribution < 1.29 is 24.1 Å². The van der Waals surface area contributed by atoms with Crippen molar-refractivity contribution in [1.82, 2.24) is 0 Å². The average Bonchev–Trinajstić information content (AvgIpc) is 2.99. The van der Waals surface area contributed by atoms with Crippen molar-refractivity contribution >= 4 is 5.97 Å². The molecule has 0 amide bonds. The second kappa shape index (κ2) is 9.48. The van der Waals surface area contributed by atoms with Crippen LogP contribution in [0.3, 0.4) is 0 Å². The van der Waals surface area contributed by atoms with Crippen molar-refractivity contribution in [1.29, 1.82) is 0 Å². The van der Waals surface area contributed by atoms with Crippen LogP contribution in [-0.4, -0.2) is 48.7 Å². The van der Waals surface area contributed by atoms with Crippen LogP contribution in [0.25, 0.3) is 0 Å². The minimum absolute atomic E-state index is 0.246. The van der Waals surface area contributed by atoms with Crippen LogP contribution < -0.4 is 0 Å². The first-order valence-corrected chi connectivity index (χ1v) is 8.83. The zero-order valence-corrected chi connectivity index (χ0v) is 13.7. The van der Waals surface area contributed by atoms with Gasteiger partial charge in [-0.15, -0.1) is 0 Å². The summed E-state index contributed by atoms with van der Waals surface area (Å²) in [6.45, 7) is 3.32. The molecule has 0 aromatic carbocycles. The predicted molar refractivity (Wildman–Crippen MR) is 82.6 cm³/mol. The van der Waals surface area contributed by atoms with Gasteiger partial charge in [-0.25, -0.2) is 0 Å². The molecule has 0 saturated carbocycles. The molecule has 2 rings (SSSR count). The number of rotatable bonds is 11. The summed E-state index contributed by atoms with van der Waals surface area (Å²) in [4.78, 5) is 11.1. The number of unbranched alkanes of at least 4 members (excludes halogenated alkanes) is 7. The van der Waals surface area contributed by atoms with Crippen LogP contribution in [0, 0.1) is 0 Å². The number of ether oxygens (including phenoxy) is 3. The highest BCUT2D eigenvalue weighted by molar-refractivity contribution is 5.72. The second-order valence-electron chi connectivity index (χ2n) is 6.41. The molecule has 4 atom stereocenters. The lowest BCUT2D eigenvalue weighted by Crippen LogP contribution is -2.34. The molecule has 1 N–H and O–H groups in total. The summed E-state index contributed by atoms with van der Waals surface area (Å²) in [5, 5.41) is 10.0. The minimum atomic E-state index is -0.755. The molecule has 5 heteroatoms. The Morgan fingerprint density at radius 2 is 1.82 bits per heavy atom. The van der Waals surface area contributed by atoms with Gasteiger partial charge in [-0.3, -0.25) is 4.79 Å². The van der Waals surface area contributed by atoms with Gasteiger partial charge in [0.1, 0.15) is 18.3 Å². The van der Waals surface area contributed by atoms with E-state index in [4.69, 9.17) is 14.2 Å². The van der Waals surface area contributed by atoms with Crippen LogP contribution in [-0.2, 0) is 19.0 Å². The third kappa shape index (κ3) is 5.21. The number of hydrogen-bond donors (Lipinski definition) is 1. The Labute approximate surface area is 133 Å². The van der Waals surface area contributed by atoms with E-state index in [1.807, 2.05) is 0 Å². The maximum atomic E-state index is 11.1. The molecule has 2 saturated heterocycles. The monoisotopic (exact) mass is 314 g/mol. The third-order valence-electron chi connectivity index (χ3n) is 4.49. The lowest BCUT2D eigenvalue weighted by Gasteiger charge is -2.16. The number of carbonyl (C=O) groups is 1. The highest BCUT2D eigenvalue weighted by atomic mass is 16.6. The Kier molecular flexibility index (Phi) is 7.63. The lowest BCUT2D eigenvalue weighted by molar-refractivity contribution is -0.146. The first kappa shape index (κ1) is 17.7. The van der Waals surface area contributed by atoms with Crippen LogP contribution in [0.2, 0.25) is 0 Å². The topological polar surface area (TPSA) is 65.0 Å². The van der Waals surface area contributed by atoms with Crippen LogP contribution >= 0.6 is 0 Å². The van der Waals surface area contributed by atoms with Gasteiger partial charge < -0.3 is 19.3 Å². The van der Waals surface area contributed by atoms with Crippen LogP contribution in [0.5, 0.6) is 0 Å². The molecule has 0 aromatic rings. The number of fused-ring (bicyclic) bond motifs is 1. The Hall–Kier alpha value is -0.650. The normalized spacial score (nSPS) is 30.5. The molecule has 0 aliphatic carbocycles. The predicted octanol–water partition coefficient (Wildman–Crippen LogP) is 2.59. The molecular formula is C17H30O5. The Morgan fingerprint density at radius 1 is 1.14 bits per heavy atom. The van der Waals surface area contributed by atoms with Gasteiger partial charge in [-0.1, -0.05) is 51.9 Å². The largest absolute Gasteiger partial charge is 0.457 e. The van der Waals surface area contributed by atoms with Crippen molar-refractivity contribution in [2.45, 2.75) is 89.1 Å². The number of hydrogen-bond acceptors (Lipinski definition) is 5. The molecule has 0 bridgehead atoms. The molecule has 0 unspecified atom stereocenters. The van der Waals surface area contributed by atoms with Gasteiger partial charge in [0.15, 0.2) is 6.10 Å². The number of aliphatic hydroxyl groups is 1. The number of esters is 1. The molecule has 128 valence electrons. The van der Waals surface area contributed by atoms with Crippen molar-refractivity contribution in [3.05, 3.63) is 0 Å². The highest BCUT2D eigenvalue weighted by Crippen LogP contribution is 2.31. The average molecular weight is 314 g/mol. The SMILES string of the molecule is CCCCCCCCCCOC[C@@H]1O[C@H]2CC(=O)O[C@H]2[C@@H]1O. The van der Waals surface area contributed by atoms with Gasteiger partial charge in [0, 0.05) is 6.61 Å². The summed E-state index contributed by atoms with van der Waals surface area (Å²) in [6.07, 6.45) is 8.53. The summed E-state index contributed by atoms with van der Waals surface area (Å²) < 4.78 is 16.3. The Balaban J connectivity index is 1.44. The Bertz CT molecular complexity index is 333. The van der Waals surface area contributed by atoms with E-state index < -0.39 is 12.2 Å². The highest BCUT2D eigenvalue weighted by Gasteiger charge is 2.50. The second-order valence-corrected chi connectivity index (χ2v) is 6.41. The van der Waals surface area contributed by atoms with Gasteiger partial charge in [0.05, 0.1) is 13.0 Å². The zero-order chi connectivity index (χ0) is 15.8. The molecule has 5 nitrogen and oxygen atoms in total. The fourth-order valence-corrected chi connectivity index (χ4v) is 3.16. The van der Waals surface area contributed by atoms with E-state index in [2.05, 4.69) is 6.92 Å². The zero-order valence-electron chi connectivity index (χ0n) is 13.7. The molecule has 2 fully saturated rings. The molecule has 0 radical (unpaired) electrons. The van der Waals surface area contributed by atoms with Crippen LogP contribution in [0.1, 0.15) is 64.7 Å². The summed E-state index contributed by atoms with van der Waals surface area (Å²) in [6, 6.07) is 0. The van der Waals surface area contributed by atoms with E-state index in [9.17, 15) is 9.90 Å². The van der Waals surface area contributed by atoms with Crippen LogP contribution in [0.4, 0.5) is 0 Å². The van der Waals surface area contributed by atoms with E-state index in [0.29, 0.717) is 13.2 Å². The number of aliphatic hydroxyl groups excluding tert-OH is 1. The molecule has 22 heavy (non-hydrogen) atoms. The fraction of sp³-hybridized carbons (Fsp3) is 0.941.